The Kier molecular flexibility index (Phi) is 4.42. The van der Waals surface area contributed by atoms with Crippen LogP contribution in [-0.4, -0.2) is 11.4 Å². The van der Waals surface area contributed by atoms with Crippen molar-refractivity contribution in [3.63, 3.8) is 0 Å². The molecule has 0 bridgehead atoms. The van der Waals surface area contributed by atoms with Gasteiger partial charge in [-0.1, -0.05) is 0 Å². The maximum Gasteiger partial charge on any atom is 0.231 e. The van der Waals surface area contributed by atoms with Gasteiger partial charge in [-0.05, 0) is 68.2 Å². The van der Waals surface area contributed by atoms with Gasteiger partial charge in [-0.25, -0.2) is 4.39 Å². The summed E-state index contributed by atoms with van der Waals surface area (Å²) in [6, 6.07) is 2.93. The van der Waals surface area contributed by atoms with E-state index >= 15 is 0 Å². The van der Waals surface area contributed by atoms with Gasteiger partial charge in [0, 0.05) is 11.2 Å². The van der Waals surface area contributed by atoms with Crippen molar-refractivity contribution >= 4 is 27.5 Å². The van der Waals surface area contributed by atoms with Gasteiger partial charge in [-0.2, -0.15) is 0 Å². The van der Waals surface area contributed by atoms with E-state index < -0.39 is 16.8 Å². The lowest BCUT2D eigenvalue weighted by molar-refractivity contribution is -0.126. The zero-order chi connectivity index (χ0) is 15.0. The summed E-state index contributed by atoms with van der Waals surface area (Å²) >= 11 is 3.11. The second kappa shape index (κ2) is 5.21. The third-order valence-corrected chi connectivity index (χ3v) is 4.30. The summed E-state index contributed by atoms with van der Waals surface area (Å²) in [6.07, 6.45) is 0. The summed E-state index contributed by atoms with van der Waals surface area (Å²) in [7, 11) is 0. The van der Waals surface area contributed by atoms with Crippen molar-refractivity contribution < 1.29 is 9.18 Å². The highest BCUT2D eigenvalue weighted by Crippen LogP contribution is 2.31. The molecule has 0 saturated heterocycles. The molecule has 1 rings (SSSR count). The molecule has 1 aromatic carbocycles. The number of nitrogens with two attached hydrogens (primary N) is 1. The molecule has 1 aromatic rings. The van der Waals surface area contributed by atoms with E-state index in [1.54, 1.807) is 40.7 Å². The lowest BCUT2D eigenvalue weighted by atomic mass is 9.74. The standard InChI is InChI=1S/C14H20BrFN2O/c1-8-6-9(15)10(16)7-11(8)18-12(19)13(2,3)14(4,5)17/h6-7H,17H2,1-5H3,(H,18,19). The normalized spacial score (nSPS) is 12.4. The molecule has 0 atom stereocenters. The van der Waals surface area contributed by atoms with Gasteiger partial charge in [0.05, 0.1) is 9.89 Å². The highest BCUT2D eigenvalue weighted by atomic mass is 79.9. The van der Waals surface area contributed by atoms with Crippen LogP contribution < -0.4 is 11.1 Å². The number of hydrogen-bond donors (Lipinski definition) is 2. The molecule has 0 aliphatic heterocycles. The van der Waals surface area contributed by atoms with Gasteiger partial charge >= 0.3 is 0 Å². The molecule has 0 aliphatic carbocycles. The number of rotatable bonds is 3. The molecule has 0 radical (unpaired) electrons. The minimum Gasteiger partial charge on any atom is -0.325 e. The highest BCUT2D eigenvalue weighted by Gasteiger charge is 2.40. The van der Waals surface area contributed by atoms with Crippen LogP contribution in [0.4, 0.5) is 10.1 Å². The average molecular weight is 331 g/mol. The van der Waals surface area contributed by atoms with Crippen molar-refractivity contribution in [1.29, 1.82) is 0 Å². The molecule has 0 heterocycles. The molecule has 3 nitrogen and oxygen atoms in total. The Morgan fingerprint density at radius 1 is 1.32 bits per heavy atom. The smallest absolute Gasteiger partial charge is 0.231 e. The molecule has 0 saturated carbocycles. The first-order valence-electron chi connectivity index (χ1n) is 6.03. The highest BCUT2D eigenvalue weighted by molar-refractivity contribution is 9.10. The number of nitrogens with one attached hydrogen (secondary N) is 1. The van der Waals surface area contributed by atoms with Crippen LogP contribution in [-0.2, 0) is 4.79 Å². The largest absolute Gasteiger partial charge is 0.325 e. The van der Waals surface area contributed by atoms with Gasteiger partial charge in [0.25, 0.3) is 0 Å². The molecular formula is C14H20BrFN2O. The van der Waals surface area contributed by atoms with Crippen LogP contribution in [0, 0.1) is 18.2 Å². The van der Waals surface area contributed by atoms with Crippen LogP contribution in [0.2, 0.25) is 0 Å². The van der Waals surface area contributed by atoms with Gasteiger partial charge in [-0.3, -0.25) is 4.79 Å². The summed E-state index contributed by atoms with van der Waals surface area (Å²) in [5.74, 6) is -0.643. The minimum absolute atomic E-state index is 0.232. The Hall–Kier alpha value is -0.940. The maximum atomic E-state index is 13.5. The Morgan fingerprint density at radius 3 is 2.32 bits per heavy atom. The first-order chi connectivity index (χ1) is 8.46. The molecule has 0 spiro atoms. The monoisotopic (exact) mass is 330 g/mol. The van der Waals surface area contributed by atoms with Crippen LogP contribution in [0.5, 0.6) is 0 Å². The van der Waals surface area contributed by atoms with E-state index in [0.717, 1.165) is 5.56 Å². The van der Waals surface area contributed by atoms with Crippen LogP contribution >= 0.6 is 15.9 Å². The van der Waals surface area contributed by atoms with Gasteiger partial charge in [-0.15, -0.1) is 0 Å². The summed E-state index contributed by atoms with van der Waals surface area (Å²) in [6.45, 7) is 8.93. The molecule has 106 valence electrons. The number of halogens is 2. The average Bonchev–Trinajstić information content (AvgIpc) is 2.24. The van der Waals surface area contributed by atoms with Crippen molar-refractivity contribution in [3.8, 4) is 0 Å². The SMILES string of the molecule is Cc1cc(Br)c(F)cc1NC(=O)C(C)(C)C(C)(C)N. The summed E-state index contributed by atoms with van der Waals surface area (Å²) in [5.41, 5.74) is 5.81. The minimum atomic E-state index is -0.775. The summed E-state index contributed by atoms with van der Waals surface area (Å²) < 4.78 is 13.9. The lowest BCUT2D eigenvalue weighted by Crippen LogP contribution is -2.53. The molecule has 1 amide bonds. The Morgan fingerprint density at radius 2 is 1.84 bits per heavy atom. The molecule has 5 heteroatoms. The molecule has 0 aliphatic rings. The summed E-state index contributed by atoms with van der Waals surface area (Å²) in [4.78, 5) is 12.3. The number of amides is 1. The molecule has 0 aromatic heterocycles. The molecule has 0 fully saturated rings. The zero-order valence-electron chi connectivity index (χ0n) is 11.9. The fourth-order valence-electron chi connectivity index (χ4n) is 1.35. The van der Waals surface area contributed by atoms with Crippen molar-refractivity contribution in [2.24, 2.45) is 11.1 Å². The van der Waals surface area contributed by atoms with Crippen LogP contribution in [0.25, 0.3) is 0 Å². The topological polar surface area (TPSA) is 55.1 Å². The molecule has 19 heavy (non-hydrogen) atoms. The Bertz CT molecular complexity index is 507. The first kappa shape index (κ1) is 16.1. The van der Waals surface area contributed by atoms with Crippen LogP contribution in [0.15, 0.2) is 16.6 Å². The van der Waals surface area contributed by atoms with Gasteiger partial charge in [0.1, 0.15) is 5.82 Å². The van der Waals surface area contributed by atoms with Crippen molar-refractivity contribution in [1.82, 2.24) is 0 Å². The second-order valence-electron chi connectivity index (χ2n) is 5.88. The number of aryl methyl sites for hydroxylation is 1. The molecule has 0 unspecified atom stereocenters. The van der Waals surface area contributed by atoms with E-state index in [-0.39, 0.29) is 5.91 Å². The van der Waals surface area contributed by atoms with E-state index in [1.165, 1.54) is 6.07 Å². The number of carbonyl (C=O) groups excluding carboxylic acids is 1. The number of benzene rings is 1. The van der Waals surface area contributed by atoms with E-state index in [4.69, 9.17) is 5.73 Å². The molecule has 3 N–H and O–H groups in total. The predicted octanol–water partition coefficient (Wildman–Crippen LogP) is 3.60. The van der Waals surface area contributed by atoms with Gasteiger partial charge in [0.2, 0.25) is 5.91 Å². The Labute approximate surface area is 121 Å². The number of hydrogen-bond acceptors (Lipinski definition) is 2. The van der Waals surface area contributed by atoms with E-state index in [1.807, 2.05) is 0 Å². The van der Waals surface area contributed by atoms with Gasteiger partial charge in [0.15, 0.2) is 0 Å². The first-order valence-corrected chi connectivity index (χ1v) is 6.82. The quantitative estimate of drug-likeness (QED) is 0.889. The maximum absolute atomic E-state index is 13.5. The van der Waals surface area contributed by atoms with Crippen LogP contribution in [0.1, 0.15) is 33.3 Å². The second-order valence-corrected chi connectivity index (χ2v) is 6.74. The van der Waals surface area contributed by atoms with Crippen LogP contribution in [0.3, 0.4) is 0 Å². The third-order valence-electron chi connectivity index (χ3n) is 3.69. The van der Waals surface area contributed by atoms with E-state index in [9.17, 15) is 9.18 Å². The van der Waals surface area contributed by atoms with Crippen molar-refractivity contribution in [3.05, 3.63) is 28.0 Å². The number of carbonyl (C=O) groups is 1. The predicted molar refractivity (Wildman–Crippen MR) is 79.5 cm³/mol. The molecular weight excluding hydrogens is 311 g/mol. The van der Waals surface area contributed by atoms with Crippen molar-refractivity contribution in [2.45, 2.75) is 40.2 Å². The fraction of sp³-hybridized carbons (Fsp3) is 0.500. The third kappa shape index (κ3) is 3.34. The Balaban J connectivity index is 3.05. The van der Waals surface area contributed by atoms with Crippen molar-refractivity contribution in [2.75, 3.05) is 5.32 Å². The summed E-state index contributed by atoms with van der Waals surface area (Å²) in [5, 5.41) is 2.75. The lowest BCUT2D eigenvalue weighted by Gasteiger charge is -2.37. The van der Waals surface area contributed by atoms with Gasteiger partial charge < -0.3 is 11.1 Å². The number of anilines is 1. The van der Waals surface area contributed by atoms with E-state index in [2.05, 4.69) is 21.2 Å². The zero-order valence-corrected chi connectivity index (χ0v) is 13.5. The fourth-order valence-corrected chi connectivity index (χ4v) is 1.81. The van der Waals surface area contributed by atoms with E-state index in [0.29, 0.717) is 10.2 Å².